The van der Waals surface area contributed by atoms with Crippen LogP contribution >= 0.6 is 11.6 Å². The zero-order chi connectivity index (χ0) is 15.5. The molecule has 0 spiro atoms. The maximum absolute atomic E-state index is 12.7. The molecule has 0 aromatic rings. The van der Waals surface area contributed by atoms with E-state index < -0.39 is 10.2 Å². The summed E-state index contributed by atoms with van der Waals surface area (Å²) < 4.78 is 28.6. The quantitative estimate of drug-likeness (QED) is 0.713. The van der Waals surface area contributed by atoms with E-state index in [2.05, 4.69) is 18.7 Å². The summed E-state index contributed by atoms with van der Waals surface area (Å²) in [7, 11) is -3.27. The van der Waals surface area contributed by atoms with E-state index in [1.807, 2.05) is 0 Å². The highest BCUT2D eigenvalue weighted by Crippen LogP contribution is 2.23. The van der Waals surface area contributed by atoms with Crippen LogP contribution in [0.25, 0.3) is 0 Å². The maximum Gasteiger partial charge on any atom is 0.282 e. The summed E-state index contributed by atoms with van der Waals surface area (Å²) in [5, 5.41) is 0. The fraction of sp³-hybridized carbons (Fsp3) is 1.00. The van der Waals surface area contributed by atoms with E-state index >= 15 is 0 Å². The van der Waals surface area contributed by atoms with Gasteiger partial charge in [0.1, 0.15) is 0 Å². The lowest BCUT2D eigenvalue weighted by atomic mass is 10.0. The van der Waals surface area contributed by atoms with Gasteiger partial charge in [0, 0.05) is 51.7 Å². The Balaban J connectivity index is 1.87. The predicted molar refractivity (Wildman–Crippen MR) is 86.8 cm³/mol. The lowest BCUT2D eigenvalue weighted by Gasteiger charge is -2.39. The molecule has 124 valence electrons. The summed E-state index contributed by atoms with van der Waals surface area (Å²) in [6.45, 7) is 9.60. The van der Waals surface area contributed by atoms with Gasteiger partial charge in [0.05, 0.1) is 0 Å². The summed E-state index contributed by atoms with van der Waals surface area (Å²) in [6.07, 6.45) is 1.77. The summed E-state index contributed by atoms with van der Waals surface area (Å²) in [5.74, 6) is 1.74. The van der Waals surface area contributed by atoms with Crippen molar-refractivity contribution in [1.82, 2.24) is 13.5 Å². The number of hydrogen-bond donors (Lipinski definition) is 0. The molecule has 2 saturated heterocycles. The van der Waals surface area contributed by atoms with Crippen LogP contribution in [0.2, 0.25) is 0 Å². The summed E-state index contributed by atoms with van der Waals surface area (Å²) >= 11 is 5.86. The number of piperidine rings is 1. The molecule has 0 atom stereocenters. The molecule has 0 radical (unpaired) electrons. The van der Waals surface area contributed by atoms with Crippen LogP contribution in [0.5, 0.6) is 0 Å². The lowest BCUT2D eigenvalue weighted by Crippen LogP contribution is -2.54. The van der Waals surface area contributed by atoms with Crippen molar-refractivity contribution in [2.24, 2.45) is 11.8 Å². The average molecular weight is 338 g/mol. The summed E-state index contributed by atoms with van der Waals surface area (Å²) in [5.41, 5.74) is 0. The third-order valence-electron chi connectivity index (χ3n) is 4.40. The summed E-state index contributed by atoms with van der Waals surface area (Å²) in [4.78, 5) is 2.36. The fourth-order valence-corrected chi connectivity index (χ4v) is 5.05. The first kappa shape index (κ1) is 17.5. The molecule has 0 aromatic heterocycles. The summed E-state index contributed by atoms with van der Waals surface area (Å²) in [6, 6.07) is 0. The van der Waals surface area contributed by atoms with Crippen molar-refractivity contribution < 1.29 is 8.42 Å². The van der Waals surface area contributed by atoms with Crippen LogP contribution in [0.4, 0.5) is 0 Å². The minimum absolute atomic E-state index is 0.473. The highest BCUT2D eigenvalue weighted by Gasteiger charge is 2.34. The molecule has 2 fully saturated rings. The van der Waals surface area contributed by atoms with Crippen molar-refractivity contribution in [3.8, 4) is 0 Å². The van der Waals surface area contributed by atoms with E-state index in [9.17, 15) is 8.42 Å². The SMILES string of the molecule is CC(C)CN1CCN(S(=O)(=O)N2CCC(CCl)CC2)CC1. The van der Waals surface area contributed by atoms with Crippen molar-refractivity contribution >= 4 is 21.8 Å². The molecule has 21 heavy (non-hydrogen) atoms. The Hall–Kier alpha value is 0.120. The molecule has 0 N–H and O–H groups in total. The van der Waals surface area contributed by atoms with Crippen molar-refractivity contribution in [2.45, 2.75) is 26.7 Å². The molecule has 5 nitrogen and oxygen atoms in total. The van der Waals surface area contributed by atoms with E-state index in [-0.39, 0.29) is 0 Å². The van der Waals surface area contributed by atoms with E-state index in [0.29, 0.717) is 43.9 Å². The number of nitrogens with zero attached hydrogens (tertiary/aromatic N) is 3. The minimum Gasteiger partial charge on any atom is -0.300 e. The van der Waals surface area contributed by atoms with E-state index in [0.717, 1.165) is 32.5 Å². The maximum atomic E-state index is 12.7. The molecule has 0 amide bonds. The van der Waals surface area contributed by atoms with Gasteiger partial charge in [-0.15, -0.1) is 11.6 Å². The number of rotatable bonds is 5. The van der Waals surface area contributed by atoms with Crippen molar-refractivity contribution in [3.63, 3.8) is 0 Å². The topological polar surface area (TPSA) is 43.9 Å². The standard InChI is InChI=1S/C14H28ClN3O2S/c1-13(2)12-16-7-9-18(10-8-16)21(19,20)17-5-3-14(11-15)4-6-17/h13-14H,3-12H2,1-2H3. The number of alkyl halides is 1. The van der Waals surface area contributed by atoms with Crippen molar-refractivity contribution in [2.75, 3.05) is 51.7 Å². The van der Waals surface area contributed by atoms with Gasteiger partial charge in [-0.2, -0.15) is 17.0 Å². The van der Waals surface area contributed by atoms with E-state index in [4.69, 9.17) is 11.6 Å². The van der Waals surface area contributed by atoms with Crippen LogP contribution in [0.1, 0.15) is 26.7 Å². The second-order valence-corrected chi connectivity index (χ2v) is 8.84. The van der Waals surface area contributed by atoms with Gasteiger partial charge < -0.3 is 4.90 Å². The monoisotopic (exact) mass is 337 g/mol. The Morgan fingerprint density at radius 1 is 1.00 bits per heavy atom. The minimum atomic E-state index is -3.27. The fourth-order valence-electron chi connectivity index (χ4n) is 3.12. The molecular weight excluding hydrogens is 310 g/mol. The second kappa shape index (κ2) is 7.59. The molecule has 2 aliphatic heterocycles. The van der Waals surface area contributed by atoms with E-state index in [1.165, 1.54) is 0 Å². The first-order valence-electron chi connectivity index (χ1n) is 7.97. The van der Waals surface area contributed by atoms with Crippen LogP contribution in [0, 0.1) is 11.8 Å². The molecular formula is C14H28ClN3O2S. The largest absolute Gasteiger partial charge is 0.300 e. The van der Waals surface area contributed by atoms with Gasteiger partial charge in [0.15, 0.2) is 0 Å². The lowest BCUT2D eigenvalue weighted by molar-refractivity contribution is 0.163. The molecule has 0 bridgehead atoms. The molecule has 0 aromatic carbocycles. The number of piperazine rings is 1. The van der Waals surface area contributed by atoms with Gasteiger partial charge in [0.25, 0.3) is 10.2 Å². The van der Waals surface area contributed by atoms with Gasteiger partial charge in [-0.25, -0.2) is 0 Å². The Morgan fingerprint density at radius 3 is 2.00 bits per heavy atom. The molecule has 0 aliphatic carbocycles. The third-order valence-corrected chi connectivity index (χ3v) is 6.87. The van der Waals surface area contributed by atoms with Gasteiger partial charge in [-0.1, -0.05) is 13.8 Å². The predicted octanol–water partition coefficient (Wildman–Crippen LogP) is 1.46. The van der Waals surface area contributed by atoms with Crippen LogP contribution < -0.4 is 0 Å². The van der Waals surface area contributed by atoms with Gasteiger partial charge in [0.2, 0.25) is 0 Å². The molecule has 2 rings (SSSR count). The zero-order valence-electron chi connectivity index (χ0n) is 13.2. The Labute approximate surface area is 134 Å². The van der Waals surface area contributed by atoms with Crippen LogP contribution in [0.3, 0.4) is 0 Å². The van der Waals surface area contributed by atoms with E-state index in [1.54, 1.807) is 8.61 Å². The number of halogens is 1. The zero-order valence-corrected chi connectivity index (χ0v) is 14.7. The Morgan fingerprint density at radius 2 is 1.52 bits per heavy atom. The third kappa shape index (κ3) is 4.55. The Kier molecular flexibility index (Phi) is 6.32. The number of hydrogen-bond acceptors (Lipinski definition) is 3. The normalized spacial score (nSPS) is 24.8. The van der Waals surface area contributed by atoms with Crippen LogP contribution in [0.15, 0.2) is 0 Å². The molecule has 0 saturated carbocycles. The highest BCUT2D eigenvalue weighted by atomic mass is 35.5. The van der Waals surface area contributed by atoms with Crippen LogP contribution in [-0.2, 0) is 10.2 Å². The highest BCUT2D eigenvalue weighted by molar-refractivity contribution is 7.86. The van der Waals surface area contributed by atoms with Gasteiger partial charge >= 0.3 is 0 Å². The van der Waals surface area contributed by atoms with Gasteiger partial charge in [-0.3, -0.25) is 0 Å². The first-order valence-corrected chi connectivity index (χ1v) is 9.90. The first-order chi connectivity index (χ1) is 9.93. The Bertz CT molecular complexity index is 414. The smallest absolute Gasteiger partial charge is 0.282 e. The van der Waals surface area contributed by atoms with Crippen molar-refractivity contribution in [3.05, 3.63) is 0 Å². The second-order valence-electron chi connectivity index (χ2n) is 6.60. The van der Waals surface area contributed by atoms with Crippen LogP contribution in [-0.4, -0.2) is 73.6 Å². The molecule has 2 heterocycles. The molecule has 7 heteroatoms. The molecule has 0 unspecified atom stereocenters. The van der Waals surface area contributed by atoms with Gasteiger partial charge in [-0.05, 0) is 24.7 Å². The van der Waals surface area contributed by atoms with Crippen molar-refractivity contribution in [1.29, 1.82) is 0 Å². The average Bonchev–Trinajstić information content (AvgIpc) is 2.47. The molecule has 2 aliphatic rings.